The van der Waals surface area contributed by atoms with Gasteiger partial charge in [0, 0.05) is 11.8 Å². The molecule has 5 heteroatoms. The summed E-state index contributed by atoms with van der Waals surface area (Å²) in [6.07, 6.45) is 1.75. The highest BCUT2D eigenvalue weighted by molar-refractivity contribution is 7.90. The summed E-state index contributed by atoms with van der Waals surface area (Å²) in [6, 6.07) is 9.82. The van der Waals surface area contributed by atoms with Crippen LogP contribution in [0.3, 0.4) is 0 Å². The SMILES string of the molecule is CS(=O)(=O)c1ccc(-c2cc(F)ccc2C=O)cc1. The molecule has 0 radical (unpaired) electrons. The summed E-state index contributed by atoms with van der Waals surface area (Å²) in [4.78, 5) is 11.1. The van der Waals surface area contributed by atoms with Gasteiger partial charge in [0.25, 0.3) is 0 Å². The second-order valence-electron chi connectivity index (χ2n) is 4.15. The minimum Gasteiger partial charge on any atom is -0.298 e. The lowest BCUT2D eigenvalue weighted by Crippen LogP contribution is -1.96. The highest BCUT2D eigenvalue weighted by atomic mass is 32.2. The van der Waals surface area contributed by atoms with E-state index in [1.165, 1.54) is 30.3 Å². The van der Waals surface area contributed by atoms with E-state index in [2.05, 4.69) is 0 Å². The zero-order valence-electron chi connectivity index (χ0n) is 10.1. The van der Waals surface area contributed by atoms with Gasteiger partial charge in [-0.05, 0) is 41.5 Å². The Kier molecular flexibility index (Phi) is 3.48. The molecular formula is C14H11FO3S. The average molecular weight is 278 g/mol. The maximum Gasteiger partial charge on any atom is 0.175 e. The average Bonchev–Trinajstić information content (AvgIpc) is 2.38. The Labute approximate surface area is 110 Å². The number of rotatable bonds is 3. The van der Waals surface area contributed by atoms with Crippen molar-refractivity contribution in [1.29, 1.82) is 0 Å². The lowest BCUT2D eigenvalue weighted by Gasteiger charge is -2.06. The van der Waals surface area contributed by atoms with E-state index in [1.807, 2.05) is 0 Å². The molecule has 2 aromatic carbocycles. The molecular weight excluding hydrogens is 267 g/mol. The van der Waals surface area contributed by atoms with Crippen LogP contribution in [0.5, 0.6) is 0 Å². The Balaban J connectivity index is 2.54. The molecule has 0 N–H and O–H groups in total. The van der Waals surface area contributed by atoms with Crippen LogP contribution in [0, 0.1) is 5.82 Å². The van der Waals surface area contributed by atoms with Crippen LogP contribution in [-0.2, 0) is 9.84 Å². The second kappa shape index (κ2) is 4.93. The molecule has 0 spiro atoms. The molecule has 0 heterocycles. The van der Waals surface area contributed by atoms with Crippen molar-refractivity contribution in [2.24, 2.45) is 0 Å². The van der Waals surface area contributed by atoms with E-state index in [-0.39, 0.29) is 4.90 Å². The quantitative estimate of drug-likeness (QED) is 0.811. The van der Waals surface area contributed by atoms with Gasteiger partial charge in [-0.15, -0.1) is 0 Å². The fraction of sp³-hybridized carbons (Fsp3) is 0.0714. The number of hydrogen-bond acceptors (Lipinski definition) is 3. The molecule has 19 heavy (non-hydrogen) atoms. The fourth-order valence-electron chi connectivity index (χ4n) is 1.76. The second-order valence-corrected chi connectivity index (χ2v) is 6.16. The summed E-state index contributed by atoms with van der Waals surface area (Å²) in [5, 5.41) is 0. The molecule has 0 aliphatic heterocycles. The van der Waals surface area contributed by atoms with Gasteiger partial charge in [0.05, 0.1) is 4.90 Å². The van der Waals surface area contributed by atoms with Gasteiger partial charge in [0.2, 0.25) is 0 Å². The van der Waals surface area contributed by atoms with Crippen LogP contribution >= 0.6 is 0 Å². The molecule has 0 aromatic heterocycles. The van der Waals surface area contributed by atoms with Crippen molar-refractivity contribution in [2.75, 3.05) is 6.26 Å². The monoisotopic (exact) mass is 278 g/mol. The zero-order valence-corrected chi connectivity index (χ0v) is 10.9. The van der Waals surface area contributed by atoms with E-state index in [9.17, 15) is 17.6 Å². The van der Waals surface area contributed by atoms with Gasteiger partial charge in [-0.1, -0.05) is 12.1 Å². The first-order valence-electron chi connectivity index (χ1n) is 5.47. The van der Waals surface area contributed by atoms with Crippen molar-refractivity contribution in [3.8, 4) is 11.1 Å². The molecule has 0 aliphatic carbocycles. The number of carbonyl (C=O) groups excluding carboxylic acids is 1. The molecule has 2 aromatic rings. The molecule has 98 valence electrons. The van der Waals surface area contributed by atoms with Crippen molar-refractivity contribution in [1.82, 2.24) is 0 Å². The smallest absolute Gasteiger partial charge is 0.175 e. The third-order valence-corrected chi connectivity index (χ3v) is 3.86. The van der Waals surface area contributed by atoms with E-state index >= 15 is 0 Å². The molecule has 2 rings (SSSR count). The number of halogens is 1. The predicted molar refractivity (Wildman–Crippen MR) is 70.3 cm³/mol. The summed E-state index contributed by atoms with van der Waals surface area (Å²) in [5.74, 6) is -0.451. The number of hydrogen-bond donors (Lipinski definition) is 0. The summed E-state index contributed by atoms with van der Waals surface area (Å²) in [7, 11) is -3.27. The highest BCUT2D eigenvalue weighted by Crippen LogP contribution is 2.25. The van der Waals surface area contributed by atoms with Crippen LogP contribution in [-0.4, -0.2) is 21.0 Å². The van der Waals surface area contributed by atoms with Gasteiger partial charge in [0.15, 0.2) is 16.1 Å². The molecule has 0 aliphatic rings. The largest absolute Gasteiger partial charge is 0.298 e. The van der Waals surface area contributed by atoms with Crippen LogP contribution in [0.2, 0.25) is 0 Å². The van der Waals surface area contributed by atoms with Gasteiger partial charge in [-0.25, -0.2) is 12.8 Å². The maximum absolute atomic E-state index is 13.2. The van der Waals surface area contributed by atoms with Crippen LogP contribution in [0.25, 0.3) is 11.1 Å². The minimum atomic E-state index is -3.27. The zero-order chi connectivity index (χ0) is 14.0. The number of benzene rings is 2. The van der Waals surface area contributed by atoms with E-state index in [0.29, 0.717) is 23.0 Å². The number of carbonyl (C=O) groups is 1. The van der Waals surface area contributed by atoms with E-state index in [0.717, 1.165) is 6.26 Å². The molecule has 0 fully saturated rings. The Morgan fingerprint density at radius 3 is 2.21 bits per heavy atom. The maximum atomic E-state index is 13.2. The molecule has 0 bridgehead atoms. The highest BCUT2D eigenvalue weighted by Gasteiger charge is 2.09. The number of aldehydes is 1. The third kappa shape index (κ3) is 2.88. The van der Waals surface area contributed by atoms with Crippen LogP contribution < -0.4 is 0 Å². The van der Waals surface area contributed by atoms with Gasteiger partial charge in [0.1, 0.15) is 5.82 Å². The molecule has 0 saturated heterocycles. The van der Waals surface area contributed by atoms with Crippen LogP contribution in [0.15, 0.2) is 47.4 Å². The standard InChI is InChI=1S/C14H11FO3S/c1-19(17,18)13-6-3-10(4-7-13)14-8-12(15)5-2-11(14)9-16/h2-9H,1H3. The molecule has 0 saturated carbocycles. The predicted octanol–water partition coefficient (Wildman–Crippen LogP) is 2.71. The molecule has 0 amide bonds. The first-order valence-corrected chi connectivity index (χ1v) is 7.36. The van der Waals surface area contributed by atoms with Crippen molar-refractivity contribution in [3.05, 3.63) is 53.8 Å². The Morgan fingerprint density at radius 2 is 1.68 bits per heavy atom. The van der Waals surface area contributed by atoms with Crippen molar-refractivity contribution in [3.63, 3.8) is 0 Å². The van der Waals surface area contributed by atoms with Crippen molar-refractivity contribution >= 4 is 16.1 Å². The lowest BCUT2D eigenvalue weighted by atomic mass is 10.0. The van der Waals surface area contributed by atoms with Crippen LogP contribution in [0.4, 0.5) is 4.39 Å². The minimum absolute atomic E-state index is 0.181. The summed E-state index contributed by atoms with van der Waals surface area (Å²) < 4.78 is 35.9. The molecule has 0 atom stereocenters. The van der Waals surface area contributed by atoms with Gasteiger partial charge in [-0.3, -0.25) is 4.79 Å². The van der Waals surface area contributed by atoms with Crippen molar-refractivity contribution < 1.29 is 17.6 Å². The lowest BCUT2D eigenvalue weighted by molar-refractivity contribution is 0.112. The fourth-order valence-corrected chi connectivity index (χ4v) is 2.39. The Morgan fingerprint density at radius 1 is 1.05 bits per heavy atom. The van der Waals surface area contributed by atoms with Gasteiger partial charge >= 0.3 is 0 Å². The summed E-state index contributed by atoms with van der Waals surface area (Å²) in [5.41, 5.74) is 1.39. The van der Waals surface area contributed by atoms with Gasteiger partial charge in [-0.2, -0.15) is 0 Å². The Hall–Kier alpha value is -2.01. The Bertz CT molecular complexity index is 719. The van der Waals surface area contributed by atoms with Crippen molar-refractivity contribution in [2.45, 2.75) is 4.90 Å². The topological polar surface area (TPSA) is 51.2 Å². The van der Waals surface area contributed by atoms with E-state index < -0.39 is 15.7 Å². The number of sulfone groups is 1. The third-order valence-electron chi connectivity index (χ3n) is 2.74. The van der Waals surface area contributed by atoms with E-state index in [1.54, 1.807) is 12.1 Å². The molecule has 3 nitrogen and oxygen atoms in total. The summed E-state index contributed by atoms with van der Waals surface area (Å²) in [6.45, 7) is 0. The molecule has 0 unspecified atom stereocenters. The normalized spacial score (nSPS) is 11.3. The van der Waals surface area contributed by atoms with Crippen LogP contribution in [0.1, 0.15) is 10.4 Å². The first-order chi connectivity index (χ1) is 8.91. The van der Waals surface area contributed by atoms with E-state index in [4.69, 9.17) is 0 Å². The first kappa shape index (κ1) is 13.4. The van der Waals surface area contributed by atoms with Gasteiger partial charge < -0.3 is 0 Å². The summed E-state index contributed by atoms with van der Waals surface area (Å²) >= 11 is 0.